The second-order valence-corrected chi connectivity index (χ2v) is 5.82. The summed E-state index contributed by atoms with van der Waals surface area (Å²) in [6.45, 7) is 2.01. The molecule has 1 atom stereocenters. The van der Waals surface area contributed by atoms with Crippen LogP contribution in [-0.2, 0) is 16.0 Å². The van der Waals surface area contributed by atoms with E-state index in [-0.39, 0.29) is 30.4 Å². The largest absolute Gasteiger partial charge is 0.466 e. The Kier molecular flexibility index (Phi) is 4.63. The molecule has 0 spiro atoms. The molecule has 1 aliphatic heterocycles. The van der Waals surface area contributed by atoms with Crippen LogP contribution in [0.4, 0.5) is 0 Å². The second-order valence-electron chi connectivity index (χ2n) is 5.38. The number of hydrogen-bond donors (Lipinski definition) is 2. The first kappa shape index (κ1) is 16.9. The first-order valence-corrected chi connectivity index (χ1v) is 7.98. The lowest BCUT2D eigenvalue weighted by atomic mass is 9.83. The lowest BCUT2D eigenvalue weighted by Gasteiger charge is -2.24. The van der Waals surface area contributed by atoms with E-state index in [4.69, 9.17) is 26.8 Å². The molecule has 128 valence electrons. The molecule has 25 heavy (non-hydrogen) atoms. The Bertz CT molecular complexity index is 898. The predicted octanol–water partition coefficient (Wildman–Crippen LogP) is 2.39. The summed E-state index contributed by atoms with van der Waals surface area (Å²) in [5.74, 6) is -0.717. The van der Waals surface area contributed by atoms with Gasteiger partial charge in [-0.25, -0.2) is 0 Å². The van der Waals surface area contributed by atoms with E-state index in [0.717, 1.165) is 5.56 Å². The molecule has 3 rings (SSSR count). The van der Waals surface area contributed by atoms with Gasteiger partial charge in [0, 0.05) is 5.02 Å². The van der Waals surface area contributed by atoms with Gasteiger partial charge >= 0.3 is 5.97 Å². The standard InChI is InChI=1S/C17H15ClN4O3/c1-2-24-13(23)7-12-15-14(9-4-3-5-10(18)6-9)11(8-19)16(20)25-17(15)22-21-12/h3-6,14H,2,7,20H2,1H3,(H,21,22)/t14-/m0/s1. The van der Waals surface area contributed by atoms with Gasteiger partial charge in [0.2, 0.25) is 11.8 Å². The van der Waals surface area contributed by atoms with E-state index in [2.05, 4.69) is 16.3 Å². The number of esters is 1. The van der Waals surface area contributed by atoms with Crippen molar-refractivity contribution in [2.75, 3.05) is 6.61 Å². The minimum absolute atomic E-state index is 0.0186. The molecule has 0 unspecified atom stereocenters. The van der Waals surface area contributed by atoms with Crippen LogP contribution in [0, 0.1) is 11.3 Å². The van der Waals surface area contributed by atoms with Crippen molar-refractivity contribution in [3.8, 4) is 11.9 Å². The molecular formula is C17H15ClN4O3. The molecule has 0 bridgehead atoms. The van der Waals surface area contributed by atoms with Crippen LogP contribution in [0.5, 0.6) is 5.88 Å². The average Bonchev–Trinajstić information content (AvgIpc) is 2.96. The Hall–Kier alpha value is -2.98. The average molecular weight is 359 g/mol. The van der Waals surface area contributed by atoms with E-state index in [1.165, 1.54) is 0 Å². The van der Waals surface area contributed by atoms with E-state index >= 15 is 0 Å². The molecular weight excluding hydrogens is 344 g/mol. The lowest BCUT2D eigenvalue weighted by Crippen LogP contribution is -2.22. The number of H-pyrrole nitrogens is 1. The number of nitrogens with two attached hydrogens (primary N) is 1. The Balaban J connectivity index is 2.12. The number of aromatic amines is 1. The van der Waals surface area contributed by atoms with E-state index in [1.807, 2.05) is 6.07 Å². The number of nitrogens with one attached hydrogen (secondary N) is 1. The van der Waals surface area contributed by atoms with E-state index in [0.29, 0.717) is 16.3 Å². The van der Waals surface area contributed by atoms with Crippen molar-refractivity contribution < 1.29 is 14.3 Å². The molecule has 0 saturated carbocycles. The van der Waals surface area contributed by atoms with Gasteiger partial charge in [-0.05, 0) is 24.6 Å². The summed E-state index contributed by atoms with van der Waals surface area (Å²) in [6.07, 6.45) is -0.0186. The number of hydrogen-bond acceptors (Lipinski definition) is 6. The Morgan fingerprint density at radius 1 is 1.56 bits per heavy atom. The molecule has 1 aromatic heterocycles. The molecule has 0 radical (unpaired) electrons. The first-order chi connectivity index (χ1) is 12.0. The number of rotatable bonds is 4. The number of ether oxygens (including phenoxy) is 2. The van der Waals surface area contributed by atoms with Crippen LogP contribution < -0.4 is 10.5 Å². The van der Waals surface area contributed by atoms with Crippen molar-refractivity contribution in [2.24, 2.45) is 5.73 Å². The Morgan fingerprint density at radius 2 is 2.36 bits per heavy atom. The van der Waals surface area contributed by atoms with Gasteiger partial charge in [0.25, 0.3) is 0 Å². The Labute approximate surface area is 149 Å². The number of aromatic nitrogens is 2. The number of fused-ring (bicyclic) bond motifs is 1. The van der Waals surface area contributed by atoms with Crippen LogP contribution >= 0.6 is 11.6 Å². The molecule has 2 aromatic rings. The van der Waals surface area contributed by atoms with Crippen LogP contribution in [0.3, 0.4) is 0 Å². The summed E-state index contributed by atoms with van der Waals surface area (Å²) in [7, 11) is 0. The van der Waals surface area contributed by atoms with Gasteiger partial charge in [0.1, 0.15) is 11.6 Å². The summed E-state index contributed by atoms with van der Waals surface area (Å²) in [6, 6.07) is 9.18. The molecule has 1 aliphatic rings. The summed E-state index contributed by atoms with van der Waals surface area (Å²) in [4.78, 5) is 11.9. The van der Waals surface area contributed by atoms with Crippen LogP contribution in [-0.4, -0.2) is 22.8 Å². The zero-order valence-electron chi connectivity index (χ0n) is 13.4. The lowest BCUT2D eigenvalue weighted by molar-refractivity contribution is -0.142. The number of allylic oxidation sites excluding steroid dienone is 1. The van der Waals surface area contributed by atoms with Crippen molar-refractivity contribution in [3.63, 3.8) is 0 Å². The van der Waals surface area contributed by atoms with Gasteiger partial charge in [0.05, 0.1) is 30.2 Å². The van der Waals surface area contributed by atoms with E-state index < -0.39 is 11.9 Å². The third-order valence-corrected chi connectivity index (χ3v) is 4.06. The van der Waals surface area contributed by atoms with Gasteiger partial charge in [0.15, 0.2) is 0 Å². The van der Waals surface area contributed by atoms with Gasteiger partial charge in [-0.15, -0.1) is 5.10 Å². The smallest absolute Gasteiger partial charge is 0.311 e. The van der Waals surface area contributed by atoms with Gasteiger partial charge in [-0.1, -0.05) is 23.7 Å². The van der Waals surface area contributed by atoms with Crippen LogP contribution in [0.1, 0.15) is 29.7 Å². The van der Waals surface area contributed by atoms with Crippen molar-refractivity contribution in [1.29, 1.82) is 5.26 Å². The maximum atomic E-state index is 11.9. The molecule has 8 heteroatoms. The highest BCUT2D eigenvalue weighted by Crippen LogP contribution is 2.43. The van der Waals surface area contributed by atoms with Crippen molar-refractivity contribution >= 4 is 17.6 Å². The molecule has 0 aliphatic carbocycles. The Morgan fingerprint density at radius 3 is 3.04 bits per heavy atom. The highest BCUT2D eigenvalue weighted by molar-refractivity contribution is 6.30. The van der Waals surface area contributed by atoms with Crippen LogP contribution in [0.25, 0.3) is 0 Å². The maximum absolute atomic E-state index is 11.9. The molecule has 3 N–H and O–H groups in total. The zero-order chi connectivity index (χ0) is 18.0. The third kappa shape index (κ3) is 3.16. The molecule has 7 nitrogen and oxygen atoms in total. The molecule has 0 fully saturated rings. The second kappa shape index (κ2) is 6.87. The number of halogens is 1. The fourth-order valence-corrected chi connectivity index (χ4v) is 3.02. The number of benzene rings is 1. The molecule has 0 amide bonds. The van der Waals surface area contributed by atoms with Gasteiger partial charge in [-0.2, -0.15) is 5.26 Å². The van der Waals surface area contributed by atoms with Crippen molar-refractivity contribution in [2.45, 2.75) is 19.3 Å². The monoisotopic (exact) mass is 358 g/mol. The summed E-state index contributed by atoms with van der Waals surface area (Å²) >= 11 is 6.10. The van der Waals surface area contributed by atoms with Crippen molar-refractivity contribution in [3.05, 3.63) is 57.6 Å². The highest BCUT2D eigenvalue weighted by atomic mass is 35.5. The SMILES string of the molecule is CCOC(=O)Cc1[nH]nc2c1[C@@H](c1cccc(Cl)c1)C(C#N)=C(N)O2. The fourth-order valence-electron chi connectivity index (χ4n) is 2.82. The highest BCUT2D eigenvalue weighted by Gasteiger charge is 2.35. The number of nitrogens with zero attached hydrogens (tertiary/aromatic N) is 2. The van der Waals surface area contributed by atoms with Gasteiger partial charge < -0.3 is 15.2 Å². The zero-order valence-corrected chi connectivity index (χ0v) is 14.1. The van der Waals surface area contributed by atoms with Crippen LogP contribution in [0.2, 0.25) is 5.02 Å². The molecule has 2 heterocycles. The number of nitriles is 1. The summed E-state index contributed by atoms with van der Waals surface area (Å²) in [5, 5.41) is 16.9. The van der Waals surface area contributed by atoms with E-state index in [9.17, 15) is 10.1 Å². The third-order valence-electron chi connectivity index (χ3n) is 3.83. The summed E-state index contributed by atoms with van der Waals surface area (Å²) in [5.41, 5.74) is 7.97. The summed E-state index contributed by atoms with van der Waals surface area (Å²) < 4.78 is 10.4. The van der Waals surface area contributed by atoms with Crippen LogP contribution in [0.15, 0.2) is 35.7 Å². The number of carbonyl (C=O) groups is 1. The van der Waals surface area contributed by atoms with E-state index in [1.54, 1.807) is 25.1 Å². The topological polar surface area (TPSA) is 114 Å². The minimum Gasteiger partial charge on any atom is -0.466 e. The number of carbonyl (C=O) groups excluding carboxylic acids is 1. The predicted molar refractivity (Wildman–Crippen MR) is 89.7 cm³/mol. The normalized spacial score (nSPS) is 16.0. The molecule has 0 saturated heterocycles. The molecule has 1 aromatic carbocycles. The fraction of sp³-hybridized carbons (Fsp3) is 0.235. The van der Waals surface area contributed by atoms with Crippen molar-refractivity contribution in [1.82, 2.24) is 10.2 Å². The van der Waals surface area contributed by atoms with Gasteiger partial charge in [-0.3, -0.25) is 9.89 Å². The minimum atomic E-state index is -0.532. The first-order valence-electron chi connectivity index (χ1n) is 7.61. The maximum Gasteiger partial charge on any atom is 0.311 e. The quantitative estimate of drug-likeness (QED) is 0.811.